The molecule has 0 aromatic heterocycles. The van der Waals surface area contributed by atoms with Crippen molar-refractivity contribution in [3.05, 3.63) is 22.7 Å². The molecule has 1 aliphatic rings. The van der Waals surface area contributed by atoms with Crippen LogP contribution in [-0.4, -0.2) is 29.8 Å². The lowest BCUT2D eigenvalue weighted by molar-refractivity contribution is -0.146. The number of nitrogens with two attached hydrogens (primary N) is 1. The highest BCUT2D eigenvalue weighted by Crippen LogP contribution is 2.28. The van der Waals surface area contributed by atoms with Gasteiger partial charge in [0.25, 0.3) is 5.91 Å². The fourth-order valence-electron chi connectivity index (χ4n) is 2.10. The first-order valence-corrected chi connectivity index (χ1v) is 6.40. The number of likely N-dealkylation sites (N-methyl/N-ethyl adjacent to an activating group) is 1. The average Bonchev–Trinajstić information content (AvgIpc) is 2.36. The fraction of sp³-hybridized carbons (Fsp3) is 0.385. The van der Waals surface area contributed by atoms with E-state index in [1.165, 1.54) is 7.05 Å². The summed E-state index contributed by atoms with van der Waals surface area (Å²) in [7, 11) is 1.50. The predicted molar refractivity (Wildman–Crippen MR) is 75.0 cm³/mol. The lowest BCUT2D eigenvalue weighted by Gasteiger charge is -2.29. The molecule has 19 heavy (non-hydrogen) atoms. The van der Waals surface area contributed by atoms with E-state index in [0.717, 1.165) is 16.2 Å². The first-order valence-electron chi connectivity index (χ1n) is 6.02. The van der Waals surface area contributed by atoms with Gasteiger partial charge in [-0.2, -0.15) is 0 Å². The second-order valence-corrected chi connectivity index (χ2v) is 5.12. The molecule has 0 aliphatic carbocycles. The summed E-state index contributed by atoms with van der Waals surface area (Å²) in [5.41, 5.74) is 7.89. The third kappa shape index (κ3) is 2.66. The zero-order valence-corrected chi connectivity index (χ0v) is 11.6. The summed E-state index contributed by atoms with van der Waals surface area (Å²) in [4.78, 5) is 24.6. The van der Waals surface area contributed by atoms with Crippen LogP contribution < -0.4 is 11.1 Å². The molecule has 0 saturated carbocycles. The number of nitrogens with zero attached hydrogens (tertiary/aromatic N) is 1. The molecular weight excluding hydrogens is 266 g/mol. The number of anilines is 2. The van der Waals surface area contributed by atoms with Gasteiger partial charge in [0.2, 0.25) is 5.91 Å². The van der Waals surface area contributed by atoms with E-state index in [0.29, 0.717) is 23.6 Å². The van der Waals surface area contributed by atoms with Gasteiger partial charge in [-0.05, 0) is 31.0 Å². The summed E-state index contributed by atoms with van der Waals surface area (Å²) in [6.07, 6.45) is 0.852. The van der Waals surface area contributed by atoms with E-state index in [4.69, 9.17) is 17.3 Å². The van der Waals surface area contributed by atoms with E-state index in [2.05, 4.69) is 5.32 Å². The highest BCUT2D eigenvalue weighted by Gasteiger charge is 2.31. The number of piperidine rings is 1. The Hall–Kier alpha value is -1.75. The highest BCUT2D eigenvalue weighted by atomic mass is 35.5. The molecule has 2 amide bonds. The van der Waals surface area contributed by atoms with Crippen molar-refractivity contribution in [3.8, 4) is 0 Å². The lowest BCUT2D eigenvalue weighted by atomic mass is 10.0. The normalized spacial score (nSPS) is 19.7. The van der Waals surface area contributed by atoms with Crippen LogP contribution >= 0.6 is 11.6 Å². The molecule has 1 fully saturated rings. The number of carbonyl (C=O) groups excluding carboxylic acids is 2. The SMILES string of the molecule is Cc1cc(N)c(Cl)cc1NC1CCC(=O)N(C)C1=O. The zero-order chi connectivity index (χ0) is 14.2. The van der Waals surface area contributed by atoms with Crippen molar-refractivity contribution in [1.29, 1.82) is 0 Å². The fourth-order valence-corrected chi connectivity index (χ4v) is 2.26. The molecule has 5 nitrogen and oxygen atoms in total. The molecule has 1 atom stereocenters. The van der Waals surface area contributed by atoms with E-state index >= 15 is 0 Å². The van der Waals surface area contributed by atoms with Crippen LogP contribution in [0.15, 0.2) is 12.1 Å². The van der Waals surface area contributed by atoms with E-state index < -0.39 is 6.04 Å². The van der Waals surface area contributed by atoms with Gasteiger partial charge in [0.05, 0.1) is 10.7 Å². The molecule has 102 valence electrons. The van der Waals surface area contributed by atoms with Crippen molar-refractivity contribution in [2.45, 2.75) is 25.8 Å². The third-order valence-electron chi connectivity index (χ3n) is 3.32. The minimum Gasteiger partial charge on any atom is -0.398 e. The maximum atomic E-state index is 12.0. The van der Waals surface area contributed by atoms with Gasteiger partial charge in [0.1, 0.15) is 6.04 Å². The molecule has 6 heteroatoms. The lowest BCUT2D eigenvalue weighted by Crippen LogP contribution is -2.48. The van der Waals surface area contributed by atoms with Gasteiger partial charge in [-0.15, -0.1) is 0 Å². The maximum absolute atomic E-state index is 12.0. The van der Waals surface area contributed by atoms with Crippen molar-refractivity contribution in [2.75, 3.05) is 18.1 Å². The highest BCUT2D eigenvalue weighted by molar-refractivity contribution is 6.33. The van der Waals surface area contributed by atoms with Crippen molar-refractivity contribution in [3.63, 3.8) is 0 Å². The summed E-state index contributed by atoms with van der Waals surface area (Å²) in [5.74, 6) is -0.362. The van der Waals surface area contributed by atoms with Crippen LogP contribution in [0.25, 0.3) is 0 Å². The monoisotopic (exact) mass is 281 g/mol. The van der Waals surface area contributed by atoms with Gasteiger partial charge in [-0.25, -0.2) is 0 Å². The van der Waals surface area contributed by atoms with E-state index in [1.807, 2.05) is 6.92 Å². The van der Waals surface area contributed by atoms with Crippen LogP contribution in [0, 0.1) is 6.92 Å². The number of hydrogen-bond donors (Lipinski definition) is 2. The van der Waals surface area contributed by atoms with Crippen LogP contribution in [0.4, 0.5) is 11.4 Å². The number of nitrogen functional groups attached to an aromatic ring is 1. The van der Waals surface area contributed by atoms with Crippen LogP contribution in [0.5, 0.6) is 0 Å². The smallest absolute Gasteiger partial charge is 0.251 e. The number of nitrogens with one attached hydrogen (secondary N) is 1. The van der Waals surface area contributed by atoms with Crippen LogP contribution in [0.2, 0.25) is 5.02 Å². The average molecular weight is 282 g/mol. The molecule has 1 heterocycles. The van der Waals surface area contributed by atoms with Crippen molar-refractivity contribution >= 4 is 34.8 Å². The second kappa shape index (κ2) is 5.09. The van der Waals surface area contributed by atoms with E-state index in [1.54, 1.807) is 12.1 Å². The Labute approximate surface area is 116 Å². The Kier molecular flexibility index (Phi) is 3.66. The molecule has 0 radical (unpaired) electrons. The molecule has 1 aromatic rings. The van der Waals surface area contributed by atoms with Crippen molar-refractivity contribution < 1.29 is 9.59 Å². The van der Waals surface area contributed by atoms with Gasteiger partial charge >= 0.3 is 0 Å². The summed E-state index contributed by atoms with van der Waals surface area (Å²) >= 11 is 5.98. The molecule has 3 N–H and O–H groups in total. The van der Waals surface area contributed by atoms with Crippen molar-refractivity contribution in [2.24, 2.45) is 0 Å². The number of likely N-dealkylation sites (tertiary alicyclic amines) is 1. The summed E-state index contributed by atoms with van der Waals surface area (Å²) in [6.45, 7) is 1.89. The molecule has 0 bridgehead atoms. The molecule has 1 saturated heterocycles. The van der Waals surface area contributed by atoms with Crippen LogP contribution in [-0.2, 0) is 9.59 Å². The number of amides is 2. The first kappa shape index (κ1) is 13.7. The summed E-state index contributed by atoms with van der Waals surface area (Å²) in [6, 6.07) is 3.06. The Morgan fingerprint density at radius 1 is 1.42 bits per heavy atom. The van der Waals surface area contributed by atoms with Gasteiger partial charge in [-0.1, -0.05) is 11.6 Å². The van der Waals surface area contributed by atoms with Crippen molar-refractivity contribution in [1.82, 2.24) is 4.90 Å². The number of imide groups is 1. The Bertz CT molecular complexity index is 545. The minimum atomic E-state index is -0.402. The third-order valence-corrected chi connectivity index (χ3v) is 3.65. The van der Waals surface area contributed by atoms with Gasteiger partial charge in [-0.3, -0.25) is 14.5 Å². The van der Waals surface area contributed by atoms with Gasteiger partial charge in [0.15, 0.2) is 0 Å². The number of rotatable bonds is 2. The van der Waals surface area contributed by atoms with E-state index in [-0.39, 0.29) is 11.8 Å². The first-order chi connectivity index (χ1) is 8.90. The topological polar surface area (TPSA) is 75.4 Å². The van der Waals surface area contributed by atoms with Gasteiger partial charge < -0.3 is 11.1 Å². The molecular formula is C13H16ClN3O2. The number of hydrogen-bond acceptors (Lipinski definition) is 4. The molecule has 2 rings (SSSR count). The predicted octanol–water partition coefficient (Wildman–Crippen LogP) is 1.79. The number of halogens is 1. The molecule has 1 aliphatic heterocycles. The van der Waals surface area contributed by atoms with Crippen LogP contribution in [0.1, 0.15) is 18.4 Å². The Morgan fingerprint density at radius 2 is 2.11 bits per heavy atom. The van der Waals surface area contributed by atoms with Gasteiger partial charge in [0, 0.05) is 19.2 Å². The van der Waals surface area contributed by atoms with Crippen LogP contribution in [0.3, 0.4) is 0 Å². The number of carbonyl (C=O) groups is 2. The maximum Gasteiger partial charge on any atom is 0.251 e. The largest absolute Gasteiger partial charge is 0.398 e. The Morgan fingerprint density at radius 3 is 2.79 bits per heavy atom. The molecule has 0 spiro atoms. The molecule has 1 unspecified atom stereocenters. The minimum absolute atomic E-state index is 0.143. The summed E-state index contributed by atoms with van der Waals surface area (Å²) in [5, 5.41) is 3.58. The van der Waals surface area contributed by atoms with E-state index in [9.17, 15) is 9.59 Å². The number of aryl methyl sites for hydroxylation is 1. The molecule has 1 aromatic carbocycles. The number of benzene rings is 1. The Balaban J connectivity index is 2.20. The standard InChI is InChI=1S/C13H16ClN3O2/c1-7-5-9(15)8(14)6-11(7)16-10-3-4-12(18)17(2)13(10)19/h5-6,10,16H,3-4,15H2,1-2H3. The zero-order valence-electron chi connectivity index (χ0n) is 10.9. The second-order valence-electron chi connectivity index (χ2n) is 4.72. The summed E-state index contributed by atoms with van der Waals surface area (Å²) < 4.78 is 0. The quantitative estimate of drug-likeness (QED) is 0.640.